The van der Waals surface area contributed by atoms with Crippen molar-refractivity contribution >= 4 is 23.5 Å². The maximum atomic E-state index is 14.8. The van der Waals surface area contributed by atoms with Crippen LogP contribution >= 0.6 is 0 Å². The third kappa shape index (κ3) is 4.40. The van der Waals surface area contributed by atoms with E-state index in [4.69, 9.17) is 20.7 Å². The predicted molar refractivity (Wildman–Crippen MR) is 100 cm³/mol. The number of halogens is 1. The average Bonchev–Trinajstić information content (AvgIpc) is 2.63. The molecule has 3 rings (SSSR count). The molecule has 2 heterocycles. The number of anilines is 1. The quantitative estimate of drug-likeness (QED) is 0.319. The van der Waals surface area contributed by atoms with E-state index in [0.717, 1.165) is 5.71 Å². The van der Waals surface area contributed by atoms with Gasteiger partial charge in [-0.2, -0.15) is 0 Å². The molecule has 10 heteroatoms. The first-order valence-electron chi connectivity index (χ1n) is 8.40. The van der Waals surface area contributed by atoms with Crippen LogP contribution in [0.5, 0.6) is 0 Å². The molecule has 3 N–H and O–H groups in total. The normalized spacial score (nSPS) is 12.9. The molecule has 1 saturated heterocycles. The van der Waals surface area contributed by atoms with E-state index < -0.39 is 11.8 Å². The molecule has 0 bridgehead atoms. The summed E-state index contributed by atoms with van der Waals surface area (Å²) in [5.74, 6) is -0.989. The van der Waals surface area contributed by atoms with Crippen LogP contribution in [0, 0.1) is 11.2 Å². The zero-order chi connectivity index (χ0) is 20.1. The summed E-state index contributed by atoms with van der Waals surface area (Å²) in [5, 5.41) is 10.9. The summed E-state index contributed by atoms with van der Waals surface area (Å²) in [6, 6.07) is 4.77. The van der Waals surface area contributed by atoms with Crippen molar-refractivity contribution in [2.24, 2.45) is 10.9 Å². The number of carbonyl (C=O) groups excluding carboxylic acids is 1. The Balaban J connectivity index is 1.69. The second kappa shape index (κ2) is 8.42. The molecule has 1 fully saturated rings. The first-order chi connectivity index (χ1) is 13.5. The van der Waals surface area contributed by atoms with Gasteiger partial charge in [-0.25, -0.2) is 14.4 Å². The van der Waals surface area contributed by atoms with E-state index in [1.165, 1.54) is 25.6 Å². The van der Waals surface area contributed by atoms with Crippen molar-refractivity contribution in [3.63, 3.8) is 0 Å². The van der Waals surface area contributed by atoms with Crippen LogP contribution in [0.1, 0.15) is 12.0 Å². The molecule has 0 saturated carbocycles. The van der Waals surface area contributed by atoms with Crippen LogP contribution < -0.4 is 10.6 Å². The Morgan fingerprint density at radius 3 is 2.71 bits per heavy atom. The molecule has 146 valence electrons. The largest absolute Gasteiger partial charge is 0.460 e. The van der Waals surface area contributed by atoms with Crippen molar-refractivity contribution in [1.29, 1.82) is 5.41 Å². The topological polar surface area (TPSA) is 127 Å². The van der Waals surface area contributed by atoms with Crippen LogP contribution in [0.2, 0.25) is 0 Å². The highest BCUT2D eigenvalue weighted by Crippen LogP contribution is 2.26. The number of hydrogen-bond donors (Lipinski definition) is 2. The van der Waals surface area contributed by atoms with Crippen LogP contribution in [-0.4, -0.2) is 47.7 Å². The number of nitrogens with one attached hydrogen (secondary N) is 1. The fraction of sp³-hybridized carbons (Fsp3) is 0.278. The monoisotopic (exact) mass is 386 g/mol. The van der Waals surface area contributed by atoms with Gasteiger partial charge < -0.3 is 20.2 Å². The highest BCUT2D eigenvalue weighted by atomic mass is 19.1. The number of carbonyl (C=O) groups is 1. The van der Waals surface area contributed by atoms with Gasteiger partial charge in [-0.05, 0) is 0 Å². The molecule has 0 radical (unpaired) electrons. The standard InChI is InChI=1S/C18H19FN6O3/c1-27-24-13-8-25(9-13)18-22-6-12(7-23-18)14-4-2-3-11(17(14)19)10-28-16(26)5-15(20)21/h2-4,6-7H,5,8-10H2,1H3,(H3,20,21). The summed E-state index contributed by atoms with van der Waals surface area (Å²) in [4.78, 5) is 26.7. The van der Waals surface area contributed by atoms with Gasteiger partial charge in [-0.1, -0.05) is 23.4 Å². The summed E-state index contributed by atoms with van der Waals surface area (Å²) in [6.45, 7) is 0.922. The van der Waals surface area contributed by atoms with Crippen LogP contribution in [0.3, 0.4) is 0 Å². The van der Waals surface area contributed by atoms with Gasteiger partial charge in [0, 0.05) is 29.1 Å². The smallest absolute Gasteiger partial charge is 0.313 e. The molecule has 0 spiro atoms. The molecule has 1 aromatic heterocycles. The summed E-state index contributed by atoms with van der Waals surface area (Å²) >= 11 is 0. The second-order valence-corrected chi connectivity index (χ2v) is 6.11. The van der Waals surface area contributed by atoms with E-state index in [1.807, 2.05) is 4.90 Å². The maximum absolute atomic E-state index is 14.8. The summed E-state index contributed by atoms with van der Waals surface area (Å²) in [5.41, 5.74) is 7.05. The molecule has 9 nitrogen and oxygen atoms in total. The Labute approximate surface area is 160 Å². The number of nitrogens with zero attached hydrogens (tertiary/aromatic N) is 4. The van der Waals surface area contributed by atoms with E-state index >= 15 is 0 Å². The van der Waals surface area contributed by atoms with E-state index in [0.29, 0.717) is 30.2 Å². The van der Waals surface area contributed by atoms with Gasteiger partial charge in [-0.3, -0.25) is 10.2 Å². The average molecular weight is 386 g/mol. The summed E-state index contributed by atoms with van der Waals surface area (Å²) in [6.07, 6.45) is 2.75. The molecule has 1 aliphatic rings. The maximum Gasteiger partial charge on any atom is 0.313 e. The van der Waals surface area contributed by atoms with Crippen molar-refractivity contribution in [2.75, 3.05) is 25.1 Å². The molecule has 0 amide bonds. The number of hydrogen-bond acceptors (Lipinski definition) is 8. The van der Waals surface area contributed by atoms with Crippen LogP contribution in [-0.2, 0) is 21.0 Å². The van der Waals surface area contributed by atoms with Gasteiger partial charge in [0.1, 0.15) is 31.8 Å². The van der Waals surface area contributed by atoms with Crippen molar-refractivity contribution in [1.82, 2.24) is 9.97 Å². The van der Waals surface area contributed by atoms with Gasteiger partial charge >= 0.3 is 5.97 Å². The highest BCUT2D eigenvalue weighted by Gasteiger charge is 2.25. The lowest BCUT2D eigenvalue weighted by Gasteiger charge is -2.31. The number of esters is 1. The molecule has 0 aliphatic carbocycles. The third-order valence-corrected chi connectivity index (χ3v) is 4.00. The number of aromatic nitrogens is 2. The highest BCUT2D eigenvalue weighted by molar-refractivity contribution is 5.98. The van der Waals surface area contributed by atoms with E-state index in [-0.39, 0.29) is 24.4 Å². The molecule has 28 heavy (non-hydrogen) atoms. The van der Waals surface area contributed by atoms with Gasteiger partial charge in [0.15, 0.2) is 0 Å². The fourth-order valence-corrected chi connectivity index (χ4v) is 2.63. The zero-order valence-electron chi connectivity index (χ0n) is 15.2. The van der Waals surface area contributed by atoms with E-state index in [1.54, 1.807) is 12.1 Å². The fourth-order valence-electron chi connectivity index (χ4n) is 2.63. The minimum atomic E-state index is -0.684. The third-order valence-electron chi connectivity index (χ3n) is 4.00. The van der Waals surface area contributed by atoms with Crippen molar-refractivity contribution < 1.29 is 18.8 Å². The molecule has 2 aromatic rings. The Kier molecular flexibility index (Phi) is 5.78. The number of benzene rings is 1. The van der Waals surface area contributed by atoms with Gasteiger partial charge in [0.25, 0.3) is 0 Å². The number of nitrogens with two attached hydrogens (primary N) is 1. The Hall–Kier alpha value is -3.56. The lowest BCUT2D eigenvalue weighted by atomic mass is 10.1. The van der Waals surface area contributed by atoms with E-state index in [2.05, 4.69) is 15.1 Å². The minimum Gasteiger partial charge on any atom is -0.460 e. The van der Waals surface area contributed by atoms with Gasteiger partial charge in [0.05, 0.1) is 18.8 Å². The molecule has 0 atom stereocenters. The van der Waals surface area contributed by atoms with Crippen molar-refractivity contribution in [3.05, 3.63) is 42.0 Å². The van der Waals surface area contributed by atoms with Gasteiger partial charge in [0.2, 0.25) is 5.95 Å². The van der Waals surface area contributed by atoms with Crippen molar-refractivity contribution in [3.8, 4) is 11.1 Å². The number of oxime groups is 1. The summed E-state index contributed by atoms with van der Waals surface area (Å²) < 4.78 is 19.7. The summed E-state index contributed by atoms with van der Waals surface area (Å²) in [7, 11) is 1.49. The lowest BCUT2D eigenvalue weighted by molar-refractivity contribution is -0.143. The van der Waals surface area contributed by atoms with Crippen LogP contribution in [0.25, 0.3) is 11.1 Å². The van der Waals surface area contributed by atoms with Crippen LogP contribution in [0.15, 0.2) is 35.7 Å². The first-order valence-corrected chi connectivity index (χ1v) is 8.40. The Morgan fingerprint density at radius 2 is 2.07 bits per heavy atom. The SMILES string of the molecule is CON=C1CN(c2ncc(-c3cccc(COC(=O)CC(=N)N)c3F)cn2)C1. The number of ether oxygens (including phenoxy) is 1. The molecule has 1 aromatic carbocycles. The van der Waals surface area contributed by atoms with E-state index in [9.17, 15) is 9.18 Å². The zero-order valence-corrected chi connectivity index (χ0v) is 15.2. The predicted octanol–water partition coefficient (Wildman–Crippen LogP) is 1.47. The number of rotatable bonds is 7. The number of amidine groups is 1. The molecular weight excluding hydrogens is 367 g/mol. The minimum absolute atomic E-state index is 0.210. The Morgan fingerprint density at radius 1 is 1.36 bits per heavy atom. The first kappa shape index (κ1) is 19.2. The lowest BCUT2D eigenvalue weighted by Crippen LogP contribution is -2.48. The Bertz CT molecular complexity index is 908. The van der Waals surface area contributed by atoms with Crippen LogP contribution in [0.4, 0.5) is 10.3 Å². The molecule has 1 aliphatic heterocycles. The second-order valence-electron chi connectivity index (χ2n) is 6.11. The molecular formula is C18H19FN6O3. The van der Waals surface area contributed by atoms with Crippen molar-refractivity contribution in [2.45, 2.75) is 13.0 Å². The van der Waals surface area contributed by atoms with Gasteiger partial charge in [-0.15, -0.1) is 0 Å². The molecule has 0 unspecified atom stereocenters.